The molecule has 0 aromatic heterocycles. The maximum absolute atomic E-state index is 9.90. The van der Waals surface area contributed by atoms with Crippen molar-refractivity contribution in [3.8, 4) is 0 Å². The predicted octanol–water partition coefficient (Wildman–Crippen LogP) is 3.43. The van der Waals surface area contributed by atoms with Crippen molar-refractivity contribution >= 4 is 6.29 Å². The zero-order valence-electron chi connectivity index (χ0n) is 8.11. The van der Waals surface area contributed by atoms with Gasteiger partial charge in [0.1, 0.15) is 6.29 Å². The first kappa shape index (κ1) is 11.9. The molecule has 0 aliphatic rings. The Balaban J connectivity index is 3.16. The zero-order valence-corrected chi connectivity index (χ0v) is 8.11. The molecule has 0 radical (unpaired) electrons. The molecule has 0 saturated carbocycles. The van der Waals surface area contributed by atoms with Gasteiger partial charge in [-0.3, -0.25) is 4.79 Å². The van der Waals surface area contributed by atoms with Gasteiger partial charge in [0.15, 0.2) is 0 Å². The van der Waals surface area contributed by atoms with Gasteiger partial charge in [0.2, 0.25) is 0 Å². The molecular formula is C12H18O. The molecule has 72 valence electrons. The van der Waals surface area contributed by atoms with E-state index in [1.165, 1.54) is 6.42 Å². The maximum atomic E-state index is 9.90. The molecular weight excluding hydrogens is 160 g/mol. The van der Waals surface area contributed by atoms with Crippen LogP contribution in [-0.2, 0) is 4.79 Å². The smallest absolute Gasteiger partial charge is 0.142 e. The van der Waals surface area contributed by atoms with Crippen molar-refractivity contribution in [2.75, 3.05) is 0 Å². The lowest BCUT2D eigenvalue weighted by Gasteiger charge is -1.89. The Hall–Kier alpha value is -1.11. The lowest BCUT2D eigenvalue weighted by molar-refractivity contribution is -0.104. The fraction of sp³-hybridized carbons (Fsp3) is 0.417. The van der Waals surface area contributed by atoms with E-state index in [9.17, 15) is 4.79 Å². The molecule has 0 heterocycles. The Morgan fingerprint density at radius 1 is 0.923 bits per heavy atom. The Morgan fingerprint density at radius 3 is 2.31 bits per heavy atom. The highest BCUT2D eigenvalue weighted by molar-refractivity contribution is 5.64. The van der Waals surface area contributed by atoms with Gasteiger partial charge >= 0.3 is 0 Å². The number of aldehydes is 1. The molecule has 0 fully saturated rings. The van der Waals surface area contributed by atoms with E-state index in [1.54, 1.807) is 6.08 Å². The number of hydrogen-bond donors (Lipinski definition) is 0. The molecule has 0 N–H and O–H groups in total. The second kappa shape index (κ2) is 10.9. The van der Waals surface area contributed by atoms with Crippen LogP contribution >= 0.6 is 0 Å². The van der Waals surface area contributed by atoms with Gasteiger partial charge in [-0.25, -0.2) is 0 Å². The molecule has 0 aromatic carbocycles. The van der Waals surface area contributed by atoms with Gasteiger partial charge in [-0.1, -0.05) is 24.3 Å². The van der Waals surface area contributed by atoms with Crippen molar-refractivity contribution in [1.82, 2.24) is 0 Å². The van der Waals surface area contributed by atoms with E-state index >= 15 is 0 Å². The van der Waals surface area contributed by atoms with Gasteiger partial charge in [0.25, 0.3) is 0 Å². The fourth-order valence-corrected chi connectivity index (χ4v) is 0.960. The first-order valence-corrected chi connectivity index (χ1v) is 4.78. The number of allylic oxidation sites excluding steroid dienone is 5. The third-order valence-electron chi connectivity index (χ3n) is 1.66. The maximum Gasteiger partial charge on any atom is 0.142 e. The van der Waals surface area contributed by atoms with E-state index in [4.69, 9.17) is 0 Å². The summed E-state index contributed by atoms with van der Waals surface area (Å²) in [4.78, 5) is 9.90. The van der Waals surface area contributed by atoms with Crippen LogP contribution in [0.15, 0.2) is 37.0 Å². The van der Waals surface area contributed by atoms with Gasteiger partial charge in [-0.05, 0) is 38.2 Å². The summed E-state index contributed by atoms with van der Waals surface area (Å²) in [6.45, 7) is 3.66. The van der Waals surface area contributed by atoms with Crippen molar-refractivity contribution < 1.29 is 4.79 Å². The molecule has 0 aromatic rings. The second-order valence-corrected chi connectivity index (χ2v) is 2.83. The zero-order chi connectivity index (χ0) is 9.78. The molecule has 0 amide bonds. The number of unbranched alkanes of at least 4 members (excludes halogenated alkanes) is 3. The van der Waals surface area contributed by atoms with Crippen molar-refractivity contribution in [1.29, 1.82) is 0 Å². The van der Waals surface area contributed by atoms with Gasteiger partial charge in [0, 0.05) is 0 Å². The van der Waals surface area contributed by atoms with E-state index < -0.39 is 0 Å². The highest BCUT2D eigenvalue weighted by Gasteiger charge is 1.79. The van der Waals surface area contributed by atoms with Crippen molar-refractivity contribution in [3.63, 3.8) is 0 Å². The number of rotatable bonds is 8. The van der Waals surface area contributed by atoms with Crippen molar-refractivity contribution in [2.45, 2.75) is 32.1 Å². The van der Waals surface area contributed by atoms with Crippen LogP contribution < -0.4 is 0 Å². The summed E-state index contributed by atoms with van der Waals surface area (Å²) in [5.74, 6) is 0. The number of carbonyl (C=O) groups is 1. The minimum Gasteiger partial charge on any atom is -0.299 e. The lowest BCUT2D eigenvalue weighted by Crippen LogP contribution is -1.69. The molecule has 0 aliphatic heterocycles. The number of carbonyl (C=O) groups excluding carboxylic acids is 1. The van der Waals surface area contributed by atoms with Crippen LogP contribution in [0.25, 0.3) is 0 Å². The molecule has 0 spiro atoms. The summed E-state index contributed by atoms with van der Waals surface area (Å²) >= 11 is 0. The summed E-state index contributed by atoms with van der Waals surface area (Å²) in [6.07, 6.45) is 15.9. The van der Waals surface area contributed by atoms with Gasteiger partial charge in [-0.2, -0.15) is 0 Å². The molecule has 0 rings (SSSR count). The Kier molecular flexibility index (Phi) is 9.96. The SMILES string of the molecule is C=CCCCC=CCCC=CC=O. The highest BCUT2D eigenvalue weighted by Crippen LogP contribution is 1.99. The molecule has 0 bridgehead atoms. The largest absolute Gasteiger partial charge is 0.299 e. The van der Waals surface area contributed by atoms with E-state index in [0.29, 0.717) is 0 Å². The van der Waals surface area contributed by atoms with Crippen LogP contribution in [0.5, 0.6) is 0 Å². The summed E-state index contributed by atoms with van der Waals surface area (Å²) in [6, 6.07) is 0. The van der Waals surface area contributed by atoms with Crippen LogP contribution in [-0.4, -0.2) is 6.29 Å². The predicted molar refractivity (Wildman–Crippen MR) is 57.6 cm³/mol. The first-order valence-electron chi connectivity index (χ1n) is 4.78. The average Bonchev–Trinajstić information content (AvgIpc) is 2.16. The minimum absolute atomic E-state index is 0.813. The summed E-state index contributed by atoms with van der Waals surface area (Å²) in [5, 5.41) is 0. The number of hydrogen-bond acceptors (Lipinski definition) is 1. The minimum atomic E-state index is 0.813. The highest BCUT2D eigenvalue weighted by atomic mass is 16.1. The molecule has 1 nitrogen and oxygen atoms in total. The van der Waals surface area contributed by atoms with Crippen LogP contribution in [0.2, 0.25) is 0 Å². The van der Waals surface area contributed by atoms with Crippen LogP contribution in [0.4, 0.5) is 0 Å². The van der Waals surface area contributed by atoms with E-state index in [0.717, 1.165) is 32.0 Å². The van der Waals surface area contributed by atoms with E-state index in [2.05, 4.69) is 18.7 Å². The van der Waals surface area contributed by atoms with E-state index in [1.807, 2.05) is 12.2 Å². The Morgan fingerprint density at radius 2 is 1.62 bits per heavy atom. The first-order chi connectivity index (χ1) is 6.41. The Labute approximate surface area is 80.8 Å². The molecule has 13 heavy (non-hydrogen) atoms. The molecule has 1 heteroatoms. The molecule has 0 aliphatic carbocycles. The standard InChI is InChI=1S/C12H18O/c1-2-3-4-5-6-7-8-9-10-11-12-13/h2,6-7,10-12H,1,3-5,8-9H2. The second-order valence-electron chi connectivity index (χ2n) is 2.83. The summed E-state index contributed by atoms with van der Waals surface area (Å²) in [7, 11) is 0. The fourth-order valence-electron chi connectivity index (χ4n) is 0.960. The summed E-state index contributed by atoms with van der Waals surface area (Å²) < 4.78 is 0. The van der Waals surface area contributed by atoms with Gasteiger partial charge in [0.05, 0.1) is 0 Å². The van der Waals surface area contributed by atoms with Crippen LogP contribution in [0.1, 0.15) is 32.1 Å². The normalized spacial score (nSPS) is 11.1. The summed E-state index contributed by atoms with van der Waals surface area (Å²) in [5.41, 5.74) is 0. The average molecular weight is 178 g/mol. The Bertz CT molecular complexity index is 178. The van der Waals surface area contributed by atoms with Crippen LogP contribution in [0.3, 0.4) is 0 Å². The quantitative estimate of drug-likeness (QED) is 0.241. The lowest BCUT2D eigenvalue weighted by atomic mass is 10.2. The molecule has 0 unspecified atom stereocenters. The third-order valence-corrected chi connectivity index (χ3v) is 1.66. The molecule has 0 atom stereocenters. The van der Waals surface area contributed by atoms with Crippen LogP contribution in [0, 0.1) is 0 Å². The van der Waals surface area contributed by atoms with E-state index in [-0.39, 0.29) is 0 Å². The van der Waals surface area contributed by atoms with Gasteiger partial charge < -0.3 is 0 Å². The van der Waals surface area contributed by atoms with Crippen molar-refractivity contribution in [3.05, 3.63) is 37.0 Å². The topological polar surface area (TPSA) is 17.1 Å². The van der Waals surface area contributed by atoms with Gasteiger partial charge in [-0.15, -0.1) is 6.58 Å². The third kappa shape index (κ3) is 10.9. The molecule has 0 saturated heterocycles. The van der Waals surface area contributed by atoms with Crippen molar-refractivity contribution in [2.24, 2.45) is 0 Å². The monoisotopic (exact) mass is 178 g/mol.